The van der Waals surface area contributed by atoms with E-state index in [2.05, 4.69) is 26.3 Å². The second-order valence-electron chi connectivity index (χ2n) is 3.58. The summed E-state index contributed by atoms with van der Waals surface area (Å²) in [5.74, 6) is -0.469. The molecule has 1 aromatic carbocycles. The van der Waals surface area contributed by atoms with Crippen LogP contribution in [0.5, 0.6) is 0 Å². The molecule has 2 rings (SSSR count). The third-order valence-corrected chi connectivity index (χ3v) is 2.72. The Morgan fingerprint density at radius 1 is 1.53 bits per heavy atom. The van der Waals surface area contributed by atoms with E-state index >= 15 is 0 Å². The van der Waals surface area contributed by atoms with Crippen molar-refractivity contribution in [2.45, 2.75) is 0 Å². The average molecular weight is 295 g/mol. The monoisotopic (exact) mass is 294 g/mol. The van der Waals surface area contributed by atoms with Gasteiger partial charge in [-0.25, -0.2) is 0 Å². The second-order valence-corrected chi connectivity index (χ2v) is 4.50. The average Bonchev–Trinajstić information content (AvgIpc) is 2.63. The van der Waals surface area contributed by atoms with Crippen molar-refractivity contribution in [2.24, 2.45) is 12.8 Å². The summed E-state index contributed by atoms with van der Waals surface area (Å²) in [6, 6.07) is 5.24. The molecule has 2 aromatic rings. The molecule has 0 aliphatic carbocycles. The van der Waals surface area contributed by atoms with Crippen LogP contribution < -0.4 is 11.1 Å². The highest BCUT2D eigenvalue weighted by atomic mass is 79.9. The third kappa shape index (κ3) is 2.65. The van der Waals surface area contributed by atoms with Crippen LogP contribution in [0.4, 0.5) is 11.4 Å². The number of hydrogen-bond acceptors (Lipinski definition) is 3. The van der Waals surface area contributed by atoms with Crippen molar-refractivity contribution in [1.29, 1.82) is 0 Å². The van der Waals surface area contributed by atoms with Crippen LogP contribution in [-0.4, -0.2) is 15.7 Å². The Hall–Kier alpha value is -1.82. The highest BCUT2D eigenvalue weighted by Gasteiger charge is 2.09. The summed E-state index contributed by atoms with van der Waals surface area (Å²) < 4.78 is 2.54. The maximum atomic E-state index is 11.3. The van der Waals surface area contributed by atoms with Gasteiger partial charge < -0.3 is 11.1 Å². The summed E-state index contributed by atoms with van der Waals surface area (Å²) in [5.41, 5.74) is 7.20. The van der Waals surface area contributed by atoms with Crippen LogP contribution in [0, 0.1) is 0 Å². The fourth-order valence-corrected chi connectivity index (χ4v) is 1.84. The van der Waals surface area contributed by atoms with Gasteiger partial charge in [0, 0.05) is 17.7 Å². The summed E-state index contributed by atoms with van der Waals surface area (Å²) in [6.45, 7) is 0. The number of carbonyl (C=O) groups is 1. The molecule has 5 nitrogen and oxygen atoms in total. The Kier molecular flexibility index (Phi) is 3.14. The molecule has 1 amide bonds. The number of carbonyl (C=O) groups excluding carboxylic acids is 1. The first kappa shape index (κ1) is 11.7. The second kappa shape index (κ2) is 4.58. The summed E-state index contributed by atoms with van der Waals surface area (Å²) in [6.07, 6.45) is 3.48. The van der Waals surface area contributed by atoms with E-state index in [9.17, 15) is 4.79 Å². The molecule has 1 heterocycles. The van der Waals surface area contributed by atoms with Gasteiger partial charge >= 0.3 is 0 Å². The molecule has 0 aliphatic heterocycles. The Labute approximate surface area is 107 Å². The lowest BCUT2D eigenvalue weighted by Crippen LogP contribution is -2.13. The normalized spacial score (nSPS) is 10.2. The van der Waals surface area contributed by atoms with Crippen LogP contribution in [0.25, 0.3) is 0 Å². The Morgan fingerprint density at radius 2 is 2.29 bits per heavy atom. The van der Waals surface area contributed by atoms with E-state index in [-0.39, 0.29) is 0 Å². The zero-order valence-corrected chi connectivity index (χ0v) is 10.7. The van der Waals surface area contributed by atoms with Gasteiger partial charge in [-0.1, -0.05) is 15.9 Å². The van der Waals surface area contributed by atoms with Gasteiger partial charge in [0.1, 0.15) is 0 Å². The Morgan fingerprint density at radius 3 is 2.88 bits per heavy atom. The van der Waals surface area contributed by atoms with Crippen LogP contribution in [0.2, 0.25) is 0 Å². The number of primary amides is 1. The summed E-state index contributed by atoms with van der Waals surface area (Å²) in [5, 5.41) is 7.14. The quantitative estimate of drug-likeness (QED) is 0.910. The first-order valence-corrected chi connectivity index (χ1v) is 5.70. The fourth-order valence-electron chi connectivity index (χ4n) is 1.48. The number of hydrogen-bond donors (Lipinski definition) is 2. The fraction of sp³-hybridized carbons (Fsp3) is 0.0909. The predicted molar refractivity (Wildman–Crippen MR) is 69.2 cm³/mol. The number of aromatic nitrogens is 2. The minimum absolute atomic E-state index is 0.442. The molecule has 0 aliphatic rings. The molecule has 0 saturated carbocycles. The maximum absolute atomic E-state index is 11.3. The van der Waals surface area contributed by atoms with Crippen molar-refractivity contribution in [2.75, 3.05) is 5.32 Å². The number of aryl methyl sites for hydroxylation is 1. The molecule has 6 heteroatoms. The Bertz CT molecular complexity index is 564. The number of nitrogens with zero attached hydrogens (tertiary/aromatic N) is 2. The van der Waals surface area contributed by atoms with Gasteiger partial charge in [-0.2, -0.15) is 5.10 Å². The first-order chi connectivity index (χ1) is 8.06. The van der Waals surface area contributed by atoms with Crippen molar-refractivity contribution in [3.05, 3.63) is 40.6 Å². The zero-order chi connectivity index (χ0) is 12.4. The van der Waals surface area contributed by atoms with E-state index in [1.807, 2.05) is 13.2 Å². The van der Waals surface area contributed by atoms with Crippen LogP contribution in [0.15, 0.2) is 35.1 Å². The number of halogens is 1. The van der Waals surface area contributed by atoms with Crippen molar-refractivity contribution in [1.82, 2.24) is 9.78 Å². The molecule has 0 atom stereocenters. The topological polar surface area (TPSA) is 72.9 Å². The van der Waals surface area contributed by atoms with Crippen LogP contribution in [-0.2, 0) is 7.05 Å². The highest BCUT2D eigenvalue weighted by molar-refractivity contribution is 9.10. The van der Waals surface area contributed by atoms with Crippen LogP contribution in [0.1, 0.15) is 10.4 Å². The van der Waals surface area contributed by atoms with Gasteiger partial charge in [0.2, 0.25) is 0 Å². The number of benzene rings is 1. The van der Waals surface area contributed by atoms with Crippen molar-refractivity contribution < 1.29 is 4.79 Å². The lowest BCUT2D eigenvalue weighted by Gasteiger charge is -2.08. The molecule has 0 saturated heterocycles. The minimum atomic E-state index is -0.469. The van der Waals surface area contributed by atoms with E-state index in [0.717, 1.165) is 10.2 Å². The highest BCUT2D eigenvalue weighted by Crippen LogP contribution is 2.24. The van der Waals surface area contributed by atoms with Gasteiger partial charge in [-0.3, -0.25) is 9.48 Å². The summed E-state index contributed by atoms with van der Waals surface area (Å²) >= 11 is 3.35. The molecule has 0 spiro atoms. The lowest BCUT2D eigenvalue weighted by atomic mass is 10.1. The molecule has 0 fully saturated rings. The summed E-state index contributed by atoms with van der Waals surface area (Å²) in [7, 11) is 1.82. The van der Waals surface area contributed by atoms with Gasteiger partial charge in [-0.15, -0.1) is 0 Å². The molecular formula is C11H11BrN4O. The van der Waals surface area contributed by atoms with Crippen molar-refractivity contribution >= 4 is 33.2 Å². The Balaban J connectivity index is 2.37. The molecule has 1 aromatic heterocycles. The third-order valence-electron chi connectivity index (χ3n) is 2.23. The minimum Gasteiger partial charge on any atom is -0.366 e. The smallest absolute Gasteiger partial charge is 0.250 e. The van der Waals surface area contributed by atoms with E-state index in [1.54, 1.807) is 29.1 Å². The number of nitrogens with two attached hydrogens (primary N) is 1. The van der Waals surface area contributed by atoms with Crippen molar-refractivity contribution in [3.63, 3.8) is 0 Å². The standard InChI is InChI=1S/C11H11BrN4O/c1-16-6-8(5-14-16)15-10-4-7(12)2-3-9(10)11(13)17/h2-6,15H,1H3,(H2,13,17). The van der Waals surface area contributed by atoms with Crippen LogP contribution >= 0.6 is 15.9 Å². The molecule has 0 bridgehead atoms. The van der Waals surface area contributed by atoms with Gasteiger partial charge in [0.15, 0.2) is 0 Å². The van der Waals surface area contributed by atoms with E-state index < -0.39 is 5.91 Å². The SMILES string of the molecule is Cn1cc(Nc2cc(Br)ccc2C(N)=O)cn1. The summed E-state index contributed by atoms with van der Waals surface area (Å²) in [4.78, 5) is 11.3. The molecule has 0 unspecified atom stereocenters. The van der Waals surface area contributed by atoms with Gasteiger partial charge in [0.25, 0.3) is 5.91 Å². The van der Waals surface area contributed by atoms with E-state index in [1.165, 1.54) is 0 Å². The van der Waals surface area contributed by atoms with E-state index in [4.69, 9.17) is 5.73 Å². The predicted octanol–water partition coefficient (Wildman–Crippen LogP) is 2.03. The maximum Gasteiger partial charge on any atom is 0.250 e. The molecule has 17 heavy (non-hydrogen) atoms. The lowest BCUT2D eigenvalue weighted by molar-refractivity contribution is 0.100. The first-order valence-electron chi connectivity index (χ1n) is 4.91. The molecule has 3 N–H and O–H groups in total. The van der Waals surface area contributed by atoms with Gasteiger partial charge in [0.05, 0.1) is 23.1 Å². The number of amides is 1. The largest absolute Gasteiger partial charge is 0.366 e. The van der Waals surface area contributed by atoms with Gasteiger partial charge in [-0.05, 0) is 18.2 Å². The zero-order valence-electron chi connectivity index (χ0n) is 9.14. The molecular weight excluding hydrogens is 284 g/mol. The molecule has 88 valence electrons. The molecule has 0 radical (unpaired) electrons. The number of rotatable bonds is 3. The van der Waals surface area contributed by atoms with Crippen LogP contribution in [0.3, 0.4) is 0 Å². The number of nitrogens with one attached hydrogen (secondary N) is 1. The number of anilines is 2. The van der Waals surface area contributed by atoms with Crippen molar-refractivity contribution in [3.8, 4) is 0 Å². The van der Waals surface area contributed by atoms with E-state index in [0.29, 0.717) is 11.3 Å².